The average Bonchev–Trinajstić information content (AvgIpc) is 3.49. The summed E-state index contributed by atoms with van der Waals surface area (Å²) in [5.74, 6) is 0.0498. The van der Waals surface area contributed by atoms with E-state index in [0.29, 0.717) is 15.8 Å². The number of carbonyl (C=O) groups is 1. The molecular weight excluding hydrogens is 499 g/mol. The fraction of sp³-hybridized carbons (Fsp3) is 0.148. The highest BCUT2D eigenvalue weighted by atomic mass is 35.5. The van der Waals surface area contributed by atoms with Crippen LogP contribution in [0.4, 0.5) is 4.39 Å². The number of hydrogen-bond donors (Lipinski definition) is 1. The van der Waals surface area contributed by atoms with Gasteiger partial charge in [0.1, 0.15) is 17.7 Å². The highest BCUT2D eigenvalue weighted by molar-refractivity contribution is 7.13. The SMILES string of the molecule is Cc1cnc(C(=O)N[C@@H](C)[C@H](Oc2ccc3c(cnn3-c3ccc(F)cc3)c2)c2cccc(Cl)c2)s1. The van der Waals surface area contributed by atoms with E-state index in [2.05, 4.69) is 15.4 Å². The summed E-state index contributed by atoms with van der Waals surface area (Å²) in [6.45, 7) is 3.79. The molecule has 2 heterocycles. The summed E-state index contributed by atoms with van der Waals surface area (Å²) in [7, 11) is 0. The van der Waals surface area contributed by atoms with E-state index in [1.807, 2.05) is 50.2 Å². The maximum Gasteiger partial charge on any atom is 0.280 e. The predicted octanol–water partition coefficient (Wildman–Crippen LogP) is 6.52. The highest BCUT2D eigenvalue weighted by Gasteiger charge is 2.25. The molecule has 3 aromatic carbocycles. The number of ether oxygens (including phenoxy) is 1. The standard InChI is InChI=1S/C27H22ClFN4O2S/c1-16-14-30-27(36-16)26(34)32-17(2)25(18-4-3-5-20(28)12-18)35-23-10-11-24-19(13-23)15-31-33(24)22-8-6-21(29)7-9-22/h3-15,17,25H,1-2H3,(H,32,34)/t17-,25-/m0/s1. The first-order valence-electron chi connectivity index (χ1n) is 11.3. The van der Waals surface area contributed by atoms with Crippen molar-refractivity contribution in [3.05, 3.63) is 105 Å². The zero-order valence-corrected chi connectivity index (χ0v) is 21.1. The van der Waals surface area contributed by atoms with Crippen molar-refractivity contribution in [3.63, 3.8) is 0 Å². The van der Waals surface area contributed by atoms with Crippen molar-refractivity contribution in [1.29, 1.82) is 0 Å². The fourth-order valence-corrected chi connectivity index (χ4v) is 4.83. The zero-order valence-electron chi connectivity index (χ0n) is 19.5. The molecule has 0 saturated heterocycles. The normalized spacial score (nSPS) is 12.9. The van der Waals surface area contributed by atoms with Gasteiger partial charge in [-0.25, -0.2) is 14.1 Å². The Morgan fingerprint density at radius 2 is 1.92 bits per heavy atom. The number of rotatable bonds is 7. The Morgan fingerprint density at radius 3 is 2.64 bits per heavy atom. The van der Waals surface area contributed by atoms with Gasteiger partial charge in [-0.2, -0.15) is 5.10 Å². The number of nitrogens with one attached hydrogen (secondary N) is 1. The first-order chi connectivity index (χ1) is 17.4. The lowest BCUT2D eigenvalue weighted by Crippen LogP contribution is -2.39. The first-order valence-corrected chi connectivity index (χ1v) is 12.5. The summed E-state index contributed by atoms with van der Waals surface area (Å²) in [5, 5.41) is 9.30. The second kappa shape index (κ2) is 10.1. The van der Waals surface area contributed by atoms with Crippen molar-refractivity contribution in [3.8, 4) is 11.4 Å². The van der Waals surface area contributed by atoms with Crippen molar-refractivity contribution in [2.24, 2.45) is 0 Å². The number of carbonyl (C=O) groups excluding carboxylic acids is 1. The summed E-state index contributed by atoms with van der Waals surface area (Å²) >= 11 is 7.60. The molecule has 0 fully saturated rings. The number of nitrogens with zero attached hydrogens (tertiary/aromatic N) is 3. The smallest absolute Gasteiger partial charge is 0.280 e. The topological polar surface area (TPSA) is 69.0 Å². The van der Waals surface area contributed by atoms with Crippen LogP contribution < -0.4 is 10.1 Å². The van der Waals surface area contributed by atoms with Gasteiger partial charge in [-0.1, -0.05) is 23.7 Å². The van der Waals surface area contributed by atoms with Crippen LogP contribution in [0.5, 0.6) is 5.75 Å². The van der Waals surface area contributed by atoms with Gasteiger partial charge in [0.2, 0.25) is 0 Å². The summed E-state index contributed by atoms with van der Waals surface area (Å²) in [4.78, 5) is 17.9. The lowest BCUT2D eigenvalue weighted by Gasteiger charge is -2.26. The lowest BCUT2D eigenvalue weighted by atomic mass is 10.0. The molecule has 6 nitrogen and oxygen atoms in total. The van der Waals surface area contributed by atoms with Gasteiger partial charge < -0.3 is 10.1 Å². The first kappa shape index (κ1) is 24.0. The van der Waals surface area contributed by atoms with Crippen LogP contribution in [0, 0.1) is 12.7 Å². The summed E-state index contributed by atoms with van der Waals surface area (Å²) in [6.07, 6.45) is 2.89. The molecule has 0 unspecified atom stereocenters. The Bertz CT molecular complexity index is 1530. The molecule has 0 saturated carbocycles. The molecule has 5 aromatic rings. The minimum atomic E-state index is -0.515. The molecule has 9 heteroatoms. The number of hydrogen-bond acceptors (Lipinski definition) is 5. The zero-order chi connectivity index (χ0) is 25.2. The number of aromatic nitrogens is 3. The van der Waals surface area contributed by atoms with E-state index >= 15 is 0 Å². The van der Waals surface area contributed by atoms with Gasteiger partial charge >= 0.3 is 0 Å². The van der Waals surface area contributed by atoms with Crippen LogP contribution in [0.3, 0.4) is 0 Å². The molecule has 2 aromatic heterocycles. The van der Waals surface area contributed by atoms with E-state index < -0.39 is 12.1 Å². The molecule has 182 valence electrons. The molecule has 0 bridgehead atoms. The van der Waals surface area contributed by atoms with E-state index in [1.54, 1.807) is 35.3 Å². The van der Waals surface area contributed by atoms with E-state index in [0.717, 1.165) is 27.0 Å². The van der Waals surface area contributed by atoms with Gasteiger partial charge in [0.25, 0.3) is 5.91 Å². The van der Waals surface area contributed by atoms with Gasteiger partial charge in [-0.05, 0) is 74.0 Å². The van der Waals surface area contributed by atoms with E-state index in [1.165, 1.54) is 23.5 Å². The summed E-state index contributed by atoms with van der Waals surface area (Å²) in [5.41, 5.74) is 2.44. The molecule has 2 atom stereocenters. The van der Waals surface area contributed by atoms with Gasteiger partial charge in [0.05, 0.1) is 23.4 Å². The average molecular weight is 521 g/mol. The van der Waals surface area contributed by atoms with Crippen LogP contribution >= 0.6 is 22.9 Å². The Kier molecular flexibility index (Phi) is 6.71. The molecule has 1 amide bonds. The quantitative estimate of drug-likeness (QED) is 0.265. The van der Waals surface area contributed by atoms with Crippen LogP contribution in [-0.4, -0.2) is 26.7 Å². The minimum absolute atomic E-state index is 0.257. The van der Waals surface area contributed by atoms with Crippen molar-refractivity contribution >= 4 is 39.7 Å². The molecule has 0 aliphatic carbocycles. The molecular formula is C27H22ClFN4O2S. The maximum absolute atomic E-state index is 13.3. The number of fused-ring (bicyclic) bond motifs is 1. The largest absolute Gasteiger partial charge is 0.484 e. The second-order valence-electron chi connectivity index (χ2n) is 8.39. The van der Waals surface area contributed by atoms with Gasteiger partial charge in [0.15, 0.2) is 5.01 Å². The monoisotopic (exact) mass is 520 g/mol. The van der Waals surface area contributed by atoms with Gasteiger partial charge in [-0.3, -0.25) is 4.79 Å². The lowest BCUT2D eigenvalue weighted by molar-refractivity contribution is 0.0881. The Hall–Kier alpha value is -3.75. The van der Waals surface area contributed by atoms with Crippen LogP contribution in [0.1, 0.15) is 33.3 Å². The number of halogens is 2. The van der Waals surface area contributed by atoms with E-state index in [9.17, 15) is 9.18 Å². The van der Waals surface area contributed by atoms with Crippen LogP contribution in [-0.2, 0) is 0 Å². The Balaban J connectivity index is 1.43. The van der Waals surface area contributed by atoms with Crippen molar-refractivity contribution in [1.82, 2.24) is 20.1 Å². The summed E-state index contributed by atoms with van der Waals surface area (Å²) < 4.78 is 21.5. The van der Waals surface area contributed by atoms with E-state index in [-0.39, 0.29) is 11.7 Å². The number of benzene rings is 3. The predicted molar refractivity (Wildman–Crippen MR) is 140 cm³/mol. The molecule has 0 aliphatic heterocycles. The molecule has 1 N–H and O–H groups in total. The molecule has 36 heavy (non-hydrogen) atoms. The molecule has 0 spiro atoms. The number of amides is 1. The van der Waals surface area contributed by atoms with Crippen LogP contribution in [0.15, 0.2) is 79.1 Å². The molecule has 0 radical (unpaired) electrons. The van der Waals surface area contributed by atoms with Gasteiger partial charge in [0, 0.05) is 21.5 Å². The van der Waals surface area contributed by atoms with Crippen molar-refractivity contribution < 1.29 is 13.9 Å². The fourth-order valence-electron chi connectivity index (χ4n) is 3.97. The third-order valence-electron chi connectivity index (χ3n) is 5.68. The molecule has 5 rings (SSSR count). The minimum Gasteiger partial charge on any atom is -0.484 e. The van der Waals surface area contributed by atoms with Crippen molar-refractivity contribution in [2.45, 2.75) is 26.0 Å². The van der Waals surface area contributed by atoms with Crippen LogP contribution in [0.25, 0.3) is 16.6 Å². The van der Waals surface area contributed by atoms with Crippen molar-refractivity contribution in [2.75, 3.05) is 0 Å². The number of thiazole rings is 1. The highest BCUT2D eigenvalue weighted by Crippen LogP contribution is 2.30. The summed E-state index contributed by atoms with van der Waals surface area (Å²) in [6, 6.07) is 18.8. The third-order valence-corrected chi connectivity index (χ3v) is 6.83. The maximum atomic E-state index is 13.3. The van der Waals surface area contributed by atoms with Crippen LogP contribution in [0.2, 0.25) is 5.02 Å². The number of aryl methyl sites for hydroxylation is 1. The van der Waals surface area contributed by atoms with E-state index in [4.69, 9.17) is 16.3 Å². The second-order valence-corrected chi connectivity index (χ2v) is 10.1. The molecule has 0 aliphatic rings. The van der Waals surface area contributed by atoms with Gasteiger partial charge in [-0.15, -0.1) is 11.3 Å². The Morgan fingerprint density at radius 1 is 1.11 bits per heavy atom. The Labute approximate surface area is 216 Å². The third kappa shape index (κ3) is 5.10.